The lowest BCUT2D eigenvalue weighted by atomic mass is 9.85. The van der Waals surface area contributed by atoms with Crippen LogP contribution in [0.2, 0.25) is 0 Å². The van der Waals surface area contributed by atoms with Crippen LogP contribution >= 0.6 is 0 Å². The van der Waals surface area contributed by atoms with Gasteiger partial charge in [-0.1, -0.05) is 88.6 Å². The van der Waals surface area contributed by atoms with Crippen molar-refractivity contribution in [2.24, 2.45) is 5.73 Å². The lowest BCUT2D eigenvalue weighted by Crippen LogP contribution is -2.44. The summed E-state index contributed by atoms with van der Waals surface area (Å²) >= 11 is 0. The number of hydrogen-bond donors (Lipinski definition) is 2. The molecule has 0 radical (unpaired) electrons. The molecule has 0 saturated carbocycles. The number of hydrogen-bond acceptors (Lipinski definition) is 2. The van der Waals surface area contributed by atoms with Crippen molar-refractivity contribution < 1.29 is 9.90 Å². The van der Waals surface area contributed by atoms with E-state index in [0.717, 1.165) is 12.8 Å². The van der Waals surface area contributed by atoms with Gasteiger partial charge in [0.25, 0.3) is 0 Å². The molecule has 3 nitrogen and oxygen atoms in total. The van der Waals surface area contributed by atoms with E-state index in [0.29, 0.717) is 12.0 Å². The second kappa shape index (κ2) is 9.56. The van der Waals surface area contributed by atoms with Gasteiger partial charge in [0.2, 0.25) is 0 Å². The summed E-state index contributed by atoms with van der Waals surface area (Å²) in [6.07, 6.45) is 10.0. The van der Waals surface area contributed by atoms with Crippen molar-refractivity contribution in [1.82, 2.24) is 0 Å². The predicted molar refractivity (Wildman–Crippen MR) is 87.2 cm³/mol. The molecule has 3 heteroatoms. The van der Waals surface area contributed by atoms with Crippen LogP contribution < -0.4 is 5.73 Å². The Kier molecular flexibility index (Phi) is 8.06. The molecule has 0 aliphatic rings. The van der Waals surface area contributed by atoms with Crippen LogP contribution in [0.3, 0.4) is 0 Å². The van der Waals surface area contributed by atoms with E-state index >= 15 is 0 Å². The van der Waals surface area contributed by atoms with Gasteiger partial charge in [-0.25, -0.2) is 4.79 Å². The zero-order chi connectivity index (χ0) is 15.6. The van der Waals surface area contributed by atoms with Gasteiger partial charge < -0.3 is 10.8 Å². The molecule has 0 aliphatic heterocycles. The van der Waals surface area contributed by atoms with Gasteiger partial charge in [0, 0.05) is 0 Å². The first kappa shape index (κ1) is 17.7. The van der Waals surface area contributed by atoms with Gasteiger partial charge in [-0.15, -0.1) is 0 Å². The summed E-state index contributed by atoms with van der Waals surface area (Å²) in [6.45, 7) is 2.22. The molecule has 0 bridgehead atoms. The van der Waals surface area contributed by atoms with Crippen LogP contribution in [0.4, 0.5) is 0 Å². The van der Waals surface area contributed by atoms with E-state index < -0.39 is 11.5 Å². The molecule has 1 aromatic carbocycles. The smallest absolute Gasteiger partial charge is 0.328 e. The third-order valence-corrected chi connectivity index (χ3v) is 4.10. The van der Waals surface area contributed by atoms with E-state index in [1.54, 1.807) is 12.1 Å². The van der Waals surface area contributed by atoms with E-state index in [-0.39, 0.29) is 0 Å². The number of benzene rings is 1. The Bertz CT molecular complexity index is 405. The van der Waals surface area contributed by atoms with Crippen molar-refractivity contribution in [3.8, 4) is 0 Å². The molecular formula is C18H29NO2. The lowest BCUT2D eigenvalue weighted by molar-refractivity contribution is -0.144. The number of rotatable bonds is 11. The molecule has 0 aliphatic carbocycles. The van der Waals surface area contributed by atoms with Crippen LogP contribution in [0.25, 0.3) is 0 Å². The van der Waals surface area contributed by atoms with E-state index in [4.69, 9.17) is 5.73 Å². The summed E-state index contributed by atoms with van der Waals surface area (Å²) in [7, 11) is 0. The number of carboxylic acid groups (broad SMARTS) is 1. The monoisotopic (exact) mass is 291 g/mol. The predicted octanol–water partition coefficient (Wildman–Crippen LogP) is 4.46. The molecule has 0 aromatic heterocycles. The van der Waals surface area contributed by atoms with Crippen LogP contribution in [0.1, 0.15) is 70.3 Å². The maximum Gasteiger partial charge on any atom is 0.328 e. The molecule has 0 saturated heterocycles. The molecule has 21 heavy (non-hydrogen) atoms. The minimum atomic E-state index is -1.25. The van der Waals surface area contributed by atoms with Gasteiger partial charge in [0.15, 0.2) is 0 Å². The Morgan fingerprint density at radius 2 is 1.52 bits per heavy atom. The first-order valence-electron chi connectivity index (χ1n) is 8.19. The average molecular weight is 291 g/mol. The van der Waals surface area contributed by atoms with Gasteiger partial charge in [-0.3, -0.25) is 0 Å². The standard InChI is InChI=1S/C18H29NO2/c1-2-3-4-5-6-7-8-12-15-18(19,17(20)21)16-13-10-9-11-14-16/h9-11,13-14H,2-8,12,15,19H2,1H3,(H,20,21). The second-order valence-electron chi connectivity index (χ2n) is 5.87. The van der Waals surface area contributed by atoms with Crippen LogP contribution in [-0.2, 0) is 10.3 Å². The normalized spacial score (nSPS) is 13.8. The third kappa shape index (κ3) is 5.88. The minimum Gasteiger partial charge on any atom is -0.480 e. The van der Waals surface area contributed by atoms with Gasteiger partial charge in [-0.05, 0) is 12.0 Å². The molecule has 118 valence electrons. The highest BCUT2D eigenvalue weighted by molar-refractivity contribution is 5.80. The maximum atomic E-state index is 11.5. The Labute approximate surface area is 128 Å². The molecule has 1 unspecified atom stereocenters. The zero-order valence-electron chi connectivity index (χ0n) is 13.2. The number of aliphatic carboxylic acids is 1. The first-order valence-corrected chi connectivity index (χ1v) is 8.19. The SMILES string of the molecule is CCCCCCCCCCC(N)(C(=O)O)c1ccccc1. The molecule has 3 N–H and O–H groups in total. The third-order valence-electron chi connectivity index (χ3n) is 4.10. The summed E-state index contributed by atoms with van der Waals surface area (Å²) in [5.74, 6) is -0.934. The summed E-state index contributed by atoms with van der Waals surface area (Å²) in [5.41, 5.74) is 5.59. The lowest BCUT2D eigenvalue weighted by Gasteiger charge is -2.25. The number of nitrogens with two attached hydrogens (primary N) is 1. The fourth-order valence-electron chi connectivity index (χ4n) is 2.65. The number of unbranched alkanes of at least 4 members (excludes halogenated alkanes) is 7. The molecule has 0 heterocycles. The van der Waals surface area contributed by atoms with Crippen molar-refractivity contribution >= 4 is 5.97 Å². The Morgan fingerprint density at radius 3 is 2.05 bits per heavy atom. The fourth-order valence-corrected chi connectivity index (χ4v) is 2.65. The van der Waals surface area contributed by atoms with Crippen molar-refractivity contribution in [1.29, 1.82) is 0 Å². The fraction of sp³-hybridized carbons (Fsp3) is 0.611. The molecular weight excluding hydrogens is 262 g/mol. The van der Waals surface area contributed by atoms with E-state index in [1.807, 2.05) is 18.2 Å². The number of carboxylic acids is 1. The van der Waals surface area contributed by atoms with Crippen LogP contribution in [0.5, 0.6) is 0 Å². The zero-order valence-corrected chi connectivity index (χ0v) is 13.2. The van der Waals surface area contributed by atoms with Crippen molar-refractivity contribution in [3.05, 3.63) is 35.9 Å². The van der Waals surface area contributed by atoms with Crippen molar-refractivity contribution in [3.63, 3.8) is 0 Å². The number of carbonyl (C=O) groups is 1. The topological polar surface area (TPSA) is 63.3 Å². The highest BCUT2D eigenvalue weighted by atomic mass is 16.4. The van der Waals surface area contributed by atoms with Crippen LogP contribution in [-0.4, -0.2) is 11.1 Å². The summed E-state index contributed by atoms with van der Waals surface area (Å²) in [5, 5.41) is 9.46. The van der Waals surface area contributed by atoms with E-state index in [2.05, 4.69) is 6.92 Å². The summed E-state index contributed by atoms with van der Waals surface area (Å²) in [6, 6.07) is 9.17. The second-order valence-corrected chi connectivity index (χ2v) is 5.87. The van der Waals surface area contributed by atoms with E-state index in [1.165, 1.54) is 38.5 Å². The van der Waals surface area contributed by atoms with Gasteiger partial charge in [-0.2, -0.15) is 0 Å². The Hall–Kier alpha value is -1.35. The first-order chi connectivity index (χ1) is 10.1. The Morgan fingerprint density at radius 1 is 1.00 bits per heavy atom. The maximum absolute atomic E-state index is 11.5. The van der Waals surface area contributed by atoms with Gasteiger partial charge in [0.05, 0.1) is 0 Å². The van der Waals surface area contributed by atoms with Gasteiger partial charge >= 0.3 is 5.97 Å². The Balaban J connectivity index is 2.34. The largest absolute Gasteiger partial charge is 0.480 e. The molecule has 0 fully saturated rings. The molecule has 0 amide bonds. The highest BCUT2D eigenvalue weighted by Gasteiger charge is 2.35. The quantitative estimate of drug-likeness (QED) is 0.592. The van der Waals surface area contributed by atoms with Gasteiger partial charge in [0.1, 0.15) is 5.54 Å². The average Bonchev–Trinajstić information content (AvgIpc) is 2.50. The minimum absolute atomic E-state index is 0.501. The van der Waals surface area contributed by atoms with Crippen LogP contribution in [0.15, 0.2) is 30.3 Å². The van der Waals surface area contributed by atoms with E-state index in [9.17, 15) is 9.90 Å². The molecule has 1 rings (SSSR count). The summed E-state index contributed by atoms with van der Waals surface area (Å²) < 4.78 is 0. The molecule has 1 atom stereocenters. The van der Waals surface area contributed by atoms with Crippen molar-refractivity contribution in [2.45, 2.75) is 70.3 Å². The van der Waals surface area contributed by atoms with Crippen LogP contribution in [0, 0.1) is 0 Å². The molecule has 0 spiro atoms. The van der Waals surface area contributed by atoms with Crippen molar-refractivity contribution in [2.75, 3.05) is 0 Å². The molecule has 1 aromatic rings. The summed E-state index contributed by atoms with van der Waals surface area (Å²) in [4.78, 5) is 11.5. The highest BCUT2D eigenvalue weighted by Crippen LogP contribution is 2.25.